The van der Waals surface area contributed by atoms with Crippen molar-refractivity contribution in [3.63, 3.8) is 0 Å². The quantitative estimate of drug-likeness (QED) is 0.341. The highest BCUT2D eigenvalue weighted by Gasteiger charge is 2.17. The average Bonchev–Trinajstić information content (AvgIpc) is 1.60. The SMILES string of the molecule is CC(C)=C(C)C[Si](C)(C)Cl. The fourth-order valence-electron chi connectivity index (χ4n) is 0.807. The lowest BCUT2D eigenvalue weighted by Gasteiger charge is -2.13. The zero-order chi connectivity index (χ0) is 8.36. The Hall–Kier alpha value is 0.247. The molecule has 0 atom stereocenters. The molecule has 0 aromatic carbocycles. The highest BCUT2D eigenvalue weighted by atomic mass is 35.6. The highest BCUT2D eigenvalue weighted by Crippen LogP contribution is 2.21. The summed E-state index contributed by atoms with van der Waals surface area (Å²) in [6.45, 7) is 10.8. The van der Waals surface area contributed by atoms with E-state index in [0.29, 0.717) is 0 Å². The van der Waals surface area contributed by atoms with Crippen molar-refractivity contribution in [1.29, 1.82) is 0 Å². The summed E-state index contributed by atoms with van der Waals surface area (Å²) in [5, 5.41) is 0. The average molecular weight is 177 g/mol. The van der Waals surface area contributed by atoms with E-state index in [1.165, 1.54) is 11.1 Å². The van der Waals surface area contributed by atoms with E-state index in [1.807, 2.05) is 0 Å². The number of allylic oxidation sites excluding steroid dienone is 2. The molecule has 0 heterocycles. The third-order valence-corrected chi connectivity index (χ3v) is 3.31. The van der Waals surface area contributed by atoms with Crippen LogP contribution in [-0.2, 0) is 0 Å². The molecule has 10 heavy (non-hydrogen) atoms. The number of rotatable bonds is 2. The number of hydrogen-bond donors (Lipinski definition) is 0. The molecular weight excluding hydrogens is 160 g/mol. The van der Waals surface area contributed by atoms with Gasteiger partial charge in [-0.25, -0.2) is 0 Å². The van der Waals surface area contributed by atoms with Gasteiger partial charge in [0.1, 0.15) is 0 Å². The number of hydrogen-bond acceptors (Lipinski definition) is 0. The lowest BCUT2D eigenvalue weighted by atomic mass is 10.2. The smallest absolute Gasteiger partial charge is 0.154 e. The summed E-state index contributed by atoms with van der Waals surface area (Å²) in [7, 11) is -1.37. The predicted molar refractivity (Wildman–Crippen MR) is 52.2 cm³/mol. The van der Waals surface area contributed by atoms with Crippen molar-refractivity contribution in [2.24, 2.45) is 0 Å². The van der Waals surface area contributed by atoms with Gasteiger partial charge in [-0.3, -0.25) is 0 Å². The van der Waals surface area contributed by atoms with Crippen LogP contribution >= 0.6 is 11.1 Å². The van der Waals surface area contributed by atoms with Crippen molar-refractivity contribution in [3.05, 3.63) is 11.1 Å². The molecule has 0 aromatic heterocycles. The lowest BCUT2D eigenvalue weighted by molar-refractivity contribution is 1.21. The molecule has 0 aromatic rings. The Kier molecular flexibility index (Phi) is 3.67. The first-order chi connectivity index (χ1) is 4.33. The Bertz CT molecular complexity index is 138. The topological polar surface area (TPSA) is 0 Å². The first kappa shape index (κ1) is 10.2. The van der Waals surface area contributed by atoms with Gasteiger partial charge in [0.2, 0.25) is 0 Å². The molecule has 0 saturated carbocycles. The fourth-order valence-corrected chi connectivity index (χ4v) is 3.02. The highest BCUT2D eigenvalue weighted by molar-refractivity contribution is 7.19. The lowest BCUT2D eigenvalue weighted by Crippen LogP contribution is -2.16. The Morgan fingerprint density at radius 3 is 1.70 bits per heavy atom. The predicted octanol–water partition coefficient (Wildman–Crippen LogP) is 3.79. The van der Waals surface area contributed by atoms with Gasteiger partial charge in [0.05, 0.1) is 0 Å². The molecule has 0 saturated heterocycles. The second-order valence-electron chi connectivity index (χ2n) is 3.68. The molecule has 60 valence electrons. The number of halogens is 1. The normalized spacial score (nSPS) is 11.4. The molecule has 0 amide bonds. The van der Waals surface area contributed by atoms with E-state index in [2.05, 4.69) is 33.9 Å². The maximum Gasteiger partial charge on any atom is 0.154 e. The van der Waals surface area contributed by atoms with Crippen molar-refractivity contribution < 1.29 is 0 Å². The van der Waals surface area contributed by atoms with Gasteiger partial charge in [-0.05, 0) is 26.8 Å². The first-order valence-electron chi connectivity index (χ1n) is 3.65. The van der Waals surface area contributed by atoms with Gasteiger partial charge in [-0.15, -0.1) is 0 Å². The van der Waals surface area contributed by atoms with Gasteiger partial charge in [0, 0.05) is 0 Å². The minimum Gasteiger partial charge on any atom is -0.167 e. The minimum absolute atomic E-state index is 1.12. The third-order valence-electron chi connectivity index (χ3n) is 1.54. The Morgan fingerprint density at radius 2 is 1.60 bits per heavy atom. The third kappa shape index (κ3) is 5.07. The van der Waals surface area contributed by atoms with Crippen molar-refractivity contribution in [2.75, 3.05) is 0 Å². The van der Waals surface area contributed by atoms with E-state index >= 15 is 0 Å². The second kappa shape index (κ2) is 3.58. The Morgan fingerprint density at radius 1 is 1.20 bits per heavy atom. The second-order valence-corrected chi connectivity index (χ2v) is 10.5. The summed E-state index contributed by atoms with van der Waals surface area (Å²) < 4.78 is 0. The summed E-state index contributed by atoms with van der Waals surface area (Å²) in [5.74, 6) is 0. The van der Waals surface area contributed by atoms with E-state index in [-0.39, 0.29) is 0 Å². The molecule has 0 aliphatic heterocycles. The van der Waals surface area contributed by atoms with Crippen LogP contribution in [0.25, 0.3) is 0 Å². The van der Waals surface area contributed by atoms with E-state index in [4.69, 9.17) is 11.1 Å². The molecule has 2 heteroatoms. The molecule has 0 aliphatic carbocycles. The van der Waals surface area contributed by atoms with Gasteiger partial charge >= 0.3 is 0 Å². The fraction of sp³-hybridized carbons (Fsp3) is 0.750. The van der Waals surface area contributed by atoms with Crippen molar-refractivity contribution >= 4 is 18.5 Å². The molecule has 0 rings (SSSR count). The van der Waals surface area contributed by atoms with Crippen molar-refractivity contribution in [1.82, 2.24) is 0 Å². The van der Waals surface area contributed by atoms with Gasteiger partial charge in [0.15, 0.2) is 7.38 Å². The largest absolute Gasteiger partial charge is 0.167 e. The molecule has 0 nitrogen and oxygen atoms in total. The summed E-state index contributed by atoms with van der Waals surface area (Å²) in [6, 6.07) is 1.12. The molecule has 0 radical (unpaired) electrons. The van der Waals surface area contributed by atoms with Gasteiger partial charge < -0.3 is 0 Å². The van der Waals surface area contributed by atoms with Gasteiger partial charge in [-0.1, -0.05) is 24.2 Å². The van der Waals surface area contributed by atoms with Crippen LogP contribution in [0.3, 0.4) is 0 Å². The summed E-state index contributed by atoms with van der Waals surface area (Å²) >= 11 is 6.18. The van der Waals surface area contributed by atoms with Crippen molar-refractivity contribution in [3.8, 4) is 0 Å². The molecule has 0 aliphatic rings. The van der Waals surface area contributed by atoms with E-state index < -0.39 is 7.38 Å². The Balaban J connectivity index is 4.06. The summed E-state index contributed by atoms with van der Waals surface area (Å²) in [4.78, 5) is 0. The standard InChI is InChI=1S/C8H17ClSi/c1-7(2)8(3)6-10(4,5)9/h6H2,1-5H3. The van der Waals surface area contributed by atoms with Crippen LogP contribution in [0, 0.1) is 0 Å². The summed E-state index contributed by atoms with van der Waals surface area (Å²) in [5.41, 5.74) is 2.88. The first-order valence-corrected chi connectivity index (χ1v) is 7.87. The molecule has 0 bridgehead atoms. The Labute approximate surface area is 70.0 Å². The van der Waals surface area contributed by atoms with Crippen LogP contribution in [0.1, 0.15) is 20.8 Å². The van der Waals surface area contributed by atoms with Crippen LogP contribution in [0.5, 0.6) is 0 Å². The van der Waals surface area contributed by atoms with Crippen LogP contribution < -0.4 is 0 Å². The molecule has 0 fully saturated rings. The van der Waals surface area contributed by atoms with Crippen molar-refractivity contribution in [2.45, 2.75) is 39.9 Å². The van der Waals surface area contributed by atoms with Gasteiger partial charge in [-0.2, -0.15) is 11.1 Å². The van der Waals surface area contributed by atoms with E-state index in [0.717, 1.165) is 6.04 Å². The van der Waals surface area contributed by atoms with Crippen LogP contribution in [0.15, 0.2) is 11.1 Å². The van der Waals surface area contributed by atoms with Gasteiger partial charge in [0.25, 0.3) is 0 Å². The maximum absolute atomic E-state index is 6.18. The molecule has 0 spiro atoms. The molecular formula is C8H17ClSi. The maximum atomic E-state index is 6.18. The zero-order valence-electron chi connectivity index (χ0n) is 7.59. The molecule has 0 unspecified atom stereocenters. The summed E-state index contributed by atoms with van der Waals surface area (Å²) in [6.07, 6.45) is 0. The van der Waals surface area contributed by atoms with E-state index in [1.54, 1.807) is 0 Å². The van der Waals surface area contributed by atoms with Crippen LogP contribution in [0.2, 0.25) is 19.1 Å². The van der Waals surface area contributed by atoms with Crippen LogP contribution in [0.4, 0.5) is 0 Å². The zero-order valence-corrected chi connectivity index (χ0v) is 9.34. The molecule has 0 N–H and O–H groups in total. The van der Waals surface area contributed by atoms with Crippen LogP contribution in [-0.4, -0.2) is 7.38 Å². The van der Waals surface area contributed by atoms with E-state index in [9.17, 15) is 0 Å². The monoisotopic (exact) mass is 176 g/mol. The minimum atomic E-state index is -1.37.